The van der Waals surface area contributed by atoms with Gasteiger partial charge in [-0.15, -0.1) is 11.6 Å². The van der Waals surface area contributed by atoms with Crippen molar-refractivity contribution in [2.75, 3.05) is 6.61 Å². The van der Waals surface area contributed by atoms with Gasteiger partial charge in [-0.2, -0.15) is 0 Å². The second-order valence-electron chi connectivity index (χ2n) is 4.37. The van der Waals surface area contributed by atoms with Crippen LogP contribution in [-0.2, 0) is 9.53 Å². The summed E-state index contributed by atoms with van der Waals surface area (Å²) in [4.78, 5) is 16.4. The quantitative estimate of drug-likeness (QED) is 0.636. The highest BCUT2D eigenvalue weighted by molar-refractivity contribution is 6.20. The minimum absolute atomic E-state index is 0.274. The van der Waals surface area contributed by atoms with Gasteiger partial charge in [-0.25, -0.2) is 9.78 Å². The lowest BCUT2D eigenvalue weighted by Gasteiger charge is -2.17. The minimum atomic E-state index is -0.441. The van der Waals surface area contributed by atoms with Gasteiger partial charge in [0.15, 0.2) is 0 Å². The van der Waals surface area contributed by atoms with Crippen molar-refractivity contribution in [2.24, 2.45) is 0 Å². The zero-order chi connectivity index (χ0) is 14.0. The fraction of sp³-hybridized carbons (Fsp3) is 0.429. The van der Waals surface area contributed by atoms with E-state index in [2.05, 4.69) is 4.98 Å². The standard InChI is InChI=1S/C14H17ClN2O2/c1-4-19-14(18)10(3)17-12-8-6-5-7-11(12)16-13(17)9(2)15/h5-10H,4H2,1-3H3. The Hall–Kier alpha value is -1.55. The summed E-state index contributed by atoms with van der Waals surface area (Å²) >= 11 is 6.17. The van der Waals surface area contributed by atoms with Crippen LogP contribution in [0.15, 0.2) is 24.3 Å². The maximum absolute atomic E-state index is 11.9. The molecule has 1 heterocycles. The first-order valence-electron chi connectivity index (χ1n) is 6.33. The van der Waals surface area contributed by atoms with Crippen LogP contribution >= 0.6 is 11.6 Å². The summed E-state index contributed by atoms with van der Waals surface area (Å²) in [5.41, 5.74) is 1.73. The van der Waals surface area contributed by atoms with Gasteiger partial charge in [0.1, 0.15) is 11.9 Å². The maximum atomic E-state index is 11.9. The summed E-state index contributed by atoms with van der Waals surface area (Å²) in [5, 5.41) is -0.274. The van der Waals surface area contributed by atoms with Crippen molar-refractivity contribution < 1.29 is 9.53 Å². The van der Waals surface area contributed by atoms with E-state index < -0.39 is 6.04 Å². The van der Waals surface area contributed by atoms with E-state index in [1.54, 1.807) is 13.8 Å². The Morgan fingerprint density at radius 2 is 2.11 bits per heavy atom. The van der Waals surface area contributed by atoms with Crippen LogP contribution in [0.4, 0.5) is 0 Å². The highest BCUT2D eigenvalue weighted by Crippen LogP contribution is 2.28. The summed E-state index contributed by atoms with van der Waals surface area (Å²) in [6.45, 7) is 5.80. The summed E-state index contributed by atoms with van der Waals surface area (Å²) < 4.78 is 6.93. The summed E-state index contributed by atoms with van der Waals surface area (Å²) in [6, 6.07) is 7.23. The van der Waals surface area contributed by atoms with Crippen LogP contribution in [0.3, 0.4) is 0 Å². The monoisotopic (exact) mass is 280 g/mol. The second kappa shape index (κ2) is 5.61. The van der Waals surface area contributed by atoms with Gasteiger partial charge < -0.3 is 9.30 Å². The normalized spacial score (nSPS) is 14.3. The topological polar surface area (TPSA) is 44.1 Å². The Labute approximate surface area is 117 Å². The third kappa shape index (κ3) is 2.59. The molecule has 0 amide bonds. The third-order valence-electron chi connectivity index (χ3n) is 2.99. The van der Waals surface area contributed by atoms with Crippen LogP contribution in [-0.4, -0.2) is 22.1 Å². The fourth-order valence-electron chi connectivity index (χ4n) is 2.12. The first kappa shape index (κ1) is 13.9. The van der Waals surface area contributed by atoms with Gasteiger partial charge in [-0.3, -0.25) is 0 Å². The van der Waals surface area contributed by atoms with Gasteiger partial charge in [-0.05, 0) is 32.9 Å². The van der Waals surface area contributed by atoms with E-state index >= 15 is 0 Å². The molecule has 0 N–H and O–H groups in total. The molecule has 2 atom stereocenters. The lowest BCUT2D eigenvalue weighted by atomic mass is 10.2. The number of hydrogen-bond donors (Lipinski definition) is 0. The Kier molecular flexibility index (Phi) is 4.10. The number of ether oxygens (including phenoxy) is 1. The number of imidazole rings is 1. The number of carbonyl (C=O) groups is 1. The summed E-state index contributed by atoms with van der Waals surface area (Å²) in [6.07, 6.45) is 0. The third-order valence-corrected chi connectivity index (χ3v) is 3.19. The van der Waals surface area contributed by atoms with Crippen molar-refractivity contribution in [2.45, 2.75) is 32.2 Å². The number of alkyl halides is 1. The number of carbonyl (C=O) groups excluding carboxylic acids is 1. The van der Waals surface area contributed by atoms with Crippen LogP contribution in [0.2, 0.25) is 0 Å². The molecule has 0 aliphatic rings. The maximum Gasteiger partial charge on any atom is 0.328 e. The number of hydrogen-bond acceptors (Lipinski definition) is 3. The number of nitrogens with zero attached hydrogens (tertiary/aromatic N) is 2. The van der Waals surface area contributed by atoms with Crippen molar-refractivity contribution in [3.63, 3.8) is 0 Å². The molecule has 5 heteroatoms. The van der Waals surface area contributed by atoms with E-state index in [1.807, 2.05) is 35.8 Å². The van der Waals surface area contributed by atoms with Crippen LogP contribution in [0.25, 0.3) is 11.0 Å². The molecule has 0 saturated heterocycles. The highest BCUT2D eigenvalue weighted by Gasteiger charge is 2.24. The van der Waals surface area contributed by atoms with Crippen molar-refractivity contribution in [3.05, 3.63) is 30.1 Å². The number of aromatic nitrogens is 2. The molecular weight excluding hydrogens is 264 g/mol. The Morgan fingerprint density at radius 3 is 2.74 bits per heavy atom. The van der Waals surface area contributed by atoms with E-state index in [1.165, 1.54) is 0 Å². The van der Waals surface area contributed by atoms with Crippen LogP contribution < -0.4 is 0 Å². The van der Waals surface area contributed by atoms with Crippen molar-refractivity contribution in [1.82, 2.24) is 9.55 Å². The molecule has 102 valence electrons. The molecule has 0 aliphatic heterocycles. The van der Waals surface area contributed by atoms with Gasteiger partial charge in [0.25, 0.3) is 0 Å². The number of rotatable bonds is 4. The number of esters is 1. The Balaban J connectivity index is 2.56. The summed E-state index contributed by atoms with van der Waals surface area (Å²) in [7, 11) is 0. The average molecular weight is 281 g/mol. The second-order valence-corrected chi connectivity index (χ2v) is 5.03. The van der Waals surface area contributed by atoms with Crippen molar-refractivity contribution >= 4 is 28.6 Å². The molecule has 0 spiro atoms. The molecule has 0 bridgehead atoms. The van der Waals surface area contributed by atoms with Gasteiger partial charge in [0, 0.05) is 0 Å². The van der Waals surface area contributed by atoms with E-state index in [0.717, 1.165) is 11.0 Å². The van der Waals surface area contributed by atoms with Crippen molar-refractivity contribution in [3.8, 4) is 0 Å². The molecule has 0 fully saturated rings. The Morgan fingerprint density at radius 1 is 1.42 bits per heavy atom. The van der Waals surface area contributed by atoms with Crippen molar-refractivity contribution in [1.29, 1.82) is 0 Å². The molecule has 0 radical (unpaired) electrons. The lowest BCUT2D eigenvalue weighted by molar-refractivity contribution is -0.146. The molecule has 0 saturated carbocycles. The SMILES string of the molecule is CCOC(=O)C(C)n1c(C(C)Cl)nc2ccccc21. The number of para-hydroxylation sites is 2. The number of fused-ring (bicyclic) bond motifs is 1. The minimum Gasteiger partial charge on any atom is -0.464 e. The zero-order valence-electron chi connectivity index (χ0n) is 11.3. The van der Waals surface area contributed by atoms with E-state index in [4.69, 9.17) is 16.3 Å². The van der Waals surface area contributed by atoms with Crippen LogP contribution in [0.5, 0.6) is 0 Å². The summed E-state index contributed by atoms with van der Waals surface area (Å²) in [5.74, 6) is 0.410. The van der Waals surface area contributed by atoms with E-state index in [0.29, 0.717) is 12.4 Å². The Bertz CT molecular complexity index is 592. The number of halogens is 1. The first-order chi connectivity index (χ1) is 9.06. The molecule has 4 nitrogen and oxygen atoms in total. The smallest absolute Gasteiger partial charge is 0.328 e. The fourth-order valence-corrected chi connectivity index (χ4v) is 2.27. The number of benzene rings is 1. The van der Waals surface area contributed by atoms with E-state index in [9.17, 15) is 4.79 Å². The molecular formula is C14H17ClN2O2. The highest BCUT2D eigenvalue weighted by atomic mass is 35.5. The van der Waals surface area contributed by atoms with E-state index in [-0.39, 0.29) is 11.3 Å². The molecule has 1 aromatic heterocycles. The van der Waals surface area contributed by atoms with Gasteiger partial charge >= 0.3 is 5.97 Å². The average Bonchev–Trinajstić information content (AvgIpc) is 2.77. The predicted molar refractivity (Wildman–Crippen MR) is 75.3 cm³/mol. The van der Waals surface area contributed by atoms with Gasteiger partial charge in [-0.1, -0.05) is 12.1 Å². The van der Waals surface area contributed by atoms with Gasteiger partial charge in [0.05, 0.1) is 23.0 Å². The molecule has 2 rings (SSSR count). The van der Waals surface area contributed by atoms with Crippen LogP contribution in [0.1, 0.15) is 38.0 Å². The first-order valence-corrected chi connectivity index (χ1v) is 6.77. The molecule has 2 unspecified atom stereocenters. The molecule has 0 aliphatic carbocycles. The van der Waals surface area contributed by atoms with Gasteiger partial charge in [0.2, 0.25) is 0 Å². The van der Waals surface area contributed by atoms with Crippen LogP contribution in [0, 0.1) is 0 Å². The molecule has 2 aromatic rings. The largest absolute Gasteiger partial charge is 0.464 e. The molecule has 19 heavy (non-hydrogen) atoms. The zero-order valence-corrected chi connectivity index (χ0v) is 12.0. The molecule has 1 aromatic carbocycles. The lowest BCUT2D eigenvalue weighted by Crippen LogP contribution is -2.21. The predicted octanol–water partition coefficient (Wildman–Crippen LogP) is 3.46.